The molecule has 0 radical (unpaired) electrons. The van der Waals surface area contributed by atoms with E-state index in [1.807, 2.05) is 0 Å². The van der Waals surface area contributed by atoms with Crippen molar-refractivity contribution in [1.82, 2.24) is 0 Å². The van der Waals surface area contributed by atoms with Crippen LogP contribution in [0.1, 0.15) is 265 Å². The summed E-state index contributed by atoms with van der Waals surface area (Å²) in [5, 5.41) is 0. The van der Waals surface area contributed by atoms with Crippen LogP contribution in [0.15, 0.2) is 182 Å². The Morgan fingerprint density at radius 1 is 0.241 bits per heavy atom. The molecule has 464 valence electrons. The van der Waals surface area contributed by atoms with Gasteiger partial charge in [-0.1, -0.05) is 274 Å². The first-order valence-corrected chi connectivity index (χ1v) is 33.3. The highest BCUT2D eigenvalue weighted by molar-refractivity contribution is 5.71. The number of unbranched alkanes of at least 4 members (excludes halogenated alkanes) is 17. The van der Waals surface area contributed by atoms with Crippen LogP contribution in [0.5, 0.6) is 0 Å². The summed E-state index contributed by atoms with van der Waals surface area (Å²) in [5.41, 5.74) is 0. The van der Waals surface area contributed by atoms with Crippen LogP contribution in [0.3, 0.4) is 0 Å². The van der Waals surface area contributed by atoms with E-state index in [-0.39, 0.29) is 37.5 Å². The number of esters is 3. The number of hydrogen-bond donors (Lipinski definition) is 0. The molecule has 0 saturated heterocycles. The predicted molar refractivity (Wildman–Crippen MR) is 361 cm³/mol. The van der Waals surface area contributed by atoms with Gasteiger partial charge in [0.05, 0.1) is 0 Å². The predicted octanol–water partition coefficient (Wildman–Crippen LogP) is 23.2. The average Bonchev–Trinajstić information content (AvgIpc) is 3.49. The third-order valence-corrected chi connectivity index (χ3v) is 13.4. The first kappa shape index (κ1) is 77.5. The minimum Gasteiger partial charge on any atom is -0.462 e. The molecular formula is C77H120O6. The Hall–Kier alpha value is -5.49. The molecule has 0 aliphatic heterocycles. The highest BCUT2D eigenvalue weighted by atomic mass is 16.6. The Morgan fingerprint density at radius 2 is 0.434 bits per heavy atom. The zero-order valence-electron chi connectivity index (χ0n) is 53.1. The van der Waals surface area contributed by atoms with Crippen molar-refractivity contribution >= 4 is 17.9 Å². The fourth-order valence-corrected chi connectivity index (χ4v) is 8.52. The highest BCUT2D eigenvalue weighted by Crippen LogP contribution is 2.14. The van der Waals surface area contributed by atoms with E-state index in [0.717, 1.165) is 193 Å². The average molecular weight is 1140 g/mol. The number of carbonyl (C=O) groups excluding carboxylic acids is 3. The fraction of sp³-hybridized carbons (Fsp3) is 0.571. The van der Waals surface area contributed by atoms with Crippen molar-refractivity contribution in [2.75, 3.05) is 13.2 Å². The first-order valence-electron chi connectivity index (χ1n) is 33.3. The van der Waals surface area contributed by atoms with Gasteiger partial charge in [-0.05, 0) is 154 Å². The second-order valence-corrected chi connectivity index (χ2v) is 21.2. The van der Waals surface area contributed by atoms with Gasteiger partial charge in [-0.2, -0.15) is 0 Å². The van der Waals surface area contributed by atoms with Gasteiger partial charge >= 0.3 is 17.9 Å². The van der Waals surface area contributed by atoms with Gasteiger partial charge in [-0.15, -0.1) is 0 Å². The van der Waals surface area contributed by atoms with E-state index in [2.05, 4.69) is 203 Å². The second kappa shape index (κ2) is 69.0. The number of allylic oxidation sites excluding steroid dienone is 30. The van der Waals surface area contributed by atoms with Crippen molar-refractivity contribution < 1.29 is 28.6 Å². The fourth-order valence-electron chi connectivity index (χ4n) is 8.52. The summed E-state index contributed by atoms with van der Waals surface area (Å²) in [6, 6.07) is 0. The lowest BCUT2D eigenvalue weighted by molar-refractivity contribution is -0.167. The van der Waals surface area contributed by atoms with Crippen molar-refractivity contribution in [3.8, 4) is 0 Å². The van der Waals surface area contributed by atoms with Gasteiger partial charge in [0.1, 0.15) is 13.2 Å². The van der Waals surface area contributed by atoms with E-state index in [1.54, 1.807) is 0 Å². The Labute approximate surface area is 510 Å². The molecule has 0 spiro atoms. The maximum absolute atomic E-state index is 12.9. The maximum atomic E-state index is 12.9. The number of ether oxygens (including phenoxy) is 3. The molecule has 6 nitrogen and oxygen atoms in total. The van der Waals surface area contributed by atoms with Crippen molar-refractivity contribution in [2.24, 2.45) is 0 Å². The Morgan fingerprint density at radius 3 is 0.675 bits per heavy atom. The quantitative estimate of drug-likeness (QED) is 0.0261. The lowest BCUT2D eigenvalue weighted by Gasteiger charge is -2.18. The minimum atomic E-state index is -0.815. The molecule has 83 heavy (non-hydrogen) atoms. The third-order valence-electron chi connectivity index (χ3n) is 13.4. The monoisotopic (exact) mass is 1140 g/mol. The number of carbonyl (C=O) groups is 3. The van der Waals surface area contributed by atoms with Crippen molar-refractivity contribution in [3.63, 3.8) is 0 Å². The standard InChI is InChI=1S/C77H120O6/c1-4-7-10-13-16-19-22-25-28-30-32-34-36-37-38-39-41-42-44-46-49-52-55-58-61-64-67-70-76(79)82-73-74(72-81-75(78)69-66-63-60-57-54-51-48-27-24-21-18-15-12-9-6-3)83-77(80)71-68-65-62-59-56-53-50-47-45-43-40-35-33-31-29-26-23-20-17-14-11-8-5-2/h7-12,16-21,25-29,32-35,37-38,41-43,45,48,50,53,74H,4-6,13-15,22-24,30-31,36,39-40,44,46-47,49,51-52,54-73H2,1-3H3/b10-7-,11-8-,12-9-,19-16-,20-17-,21-18-,28-25-,29-26-,34-32-,35-33-,38-37-,42-41-,45-43-,48-27-,53-50-. The van der Waals surface area contributed by atoms with Crippen molar-refractivity contribution in [1.29, 1.82) is 0 Å². The molecule has 0 aromatic carbocycles. The van der Waals surface area contributed by atoms with E-state index >= 15 is 0 Å². The molecule has 0 rings (SSSR count). The van der Waals surface area contributed by atoms with Crippen LogP contribution < -0.4 is 0 Å². The van der Waals surface area contributed by atoms with Crippen LogP contribution in [0.25, 0.3) is 0 Å². The van der Waals surface area contributed by atoms with E-state index < -0.39 is 6.10 Å². The van der Waals surface area contributed by atoms with Gasteiger partial charge in [-0.25, -0.2) is 0 Å². The van der Waals surface area contributed by atoms with Crippen LogP contribution in [0, 0.1) is 0 Å². The van der Waals surface area contributed by atoms with E-state index in [1.165, 1.54) is 32.1 Å². The highest BCUT2D eigenvalue weighted by Gasteiger charge is 2.19. The summed E-state index contributed by atoms with van der Waals surface area (Å²) < 4.78 is 16.9. The molecule has 0 aromatic rings. The summed E-state index contributed by atoms with van der Waals surface area (Å²) in [7, 11) is 0. The lowest BCUT2D eigenvalue weighted by atomic mass is 10.1. The molecule has 0 aromatic heterocycles. The molecule has 0 aliphatic carbocycles. The van der Waals surface area contributed by atoms with Crippen molar-refractivity contribution in [3.05, 3.63) is 182 Å². The number of hydrogen-bond acceptors (Lipinski definition) is 6. The molecule has 0 bridgehead atoms. The molecular weight excluding hydrogens is 1020 g/mol. The minimum absolute atomic E-state index is 0.108. The van der Waals surface area contributed by atoms with Crippen LogP contribution in [-0.2, 0) is 28.6 Å². The second-order valence-electron chi connectivity index (χ2n) is 21.2. The molecule has 0 heterocycles. The maximum Gasteiger partial charge on any atom is 0.306 e. The van der Waals surface area contributed by atoms with Crippen LogP contribution in [0.2, 0.25) is 0 Å². The van der Waals surface area contributed by atoms with Gasteiger partial charge in [0.25, 0.3) is 0 Å². The summed E-state index contributed by atoms with van der Waals surface area (Å²) in [6.07, 6.45) is 103. The summed E-state index contributed by atoms with van der Waals surface area (Å²) >= 11 is 0. The molecule has 0 saturated carbocycles. The topological polar surface area (TPSA) is 78.9 Å². The Balaban J connectivity index is 4.47. The Kier molecular flexibility index (Phi) is 64.4. The van der Waals surface area contributed by atoms with E-state index in [9.17, 15) is 14.4 Å². The Bertz CT molecular complexity index is 1940. The van der Waals surface area contributed by atoms with Gasteiger partial charge in [0.2, 0.25) is 0 Å². The molecule has 0 amide bonds. The zero-order valence-corrected chi connectivity index (χ0v) is 53.1. The SMILES string of the molecule is CC/C=C\C/C=C\C/C=C\C/C=C\C/C=C\C/C=C\CCCCCCCCCCC(=O)OCC(COC(=O)CCCCCCC/C=C\C/C=C\C/C=C\CC)OC(=O)CCCCCC/C=C\C/C=C\C/C=C\C/C=C\C/C=C\C/C=C\CC. The van der Waals surface area contributed by atoms with Crippen molar-refractivity contribution in [2.45, 2.75) is 271 Å². The molecule has 0 aliphatic rings. The van der Waals surface area contributed by atoms with Crippen LogP contribution in [-0.4, -0.2) is 37.2 Å². The van der Waals surface area contributed by atoms with E-state index in [0.29, 0.717) is 12.8 Å². The van der Waals surface area contributed by atoms with Gasteiger partial charge in [0, 0.05) is 19.3 Å². The van der Waals surface area contributed by atoms with E-state index in [4.69, 9.17) is 14.2 Å². The molecule has 0 N–H and O–H groups in total. The van der Waals surface area contributed by atoms with Crippen LogP contribution in [0.4, 0.5) is 0 Å². The molecule has 6 heteroatoms. The first-order chi connectivity index (χ1) is 41.0. The molecule has 1 atom stereocenters. The van der Waals surface area contributed by atoms with Gasteiger partial charge < -0.3 is 14.2 Å². The summed E-state index contributed by atoms with van der Waals surface area (Å²) in [6.45, 7) is 6.25. The normalized spacial score (nSPS) is 13.3. The smallest absolute Gasteiger partial charge is 0.306 e. The number of rotatable bonds is 58. The molecule has 0 fully saturated rings. The van der Waals surface area contributed by atoms with Crippen LogP contribution >= 0.6 is 0 Å². The molecule has 1 unspecified atom stereocenters. The zero-order chi connectivity index (χ0) is 59.9. The summed E-state index contributed by atoms with van der Waals surface area (Å²) in [4.78, 5) is 38.4. The van der Waals surface area contributed by atoms with Gasteiger partial charge in [-0.3, -0.25) is 14.4 Å². The lowest BCUT2D eigenvalue weighted by Crippen LogP contribution is -2.30. The van der Waals surface area contributed by atoms with Gasteiger partial charge in [0.15, 0.2) is 6.10 Å². The summed E-state index contributed by atoms with van der Waals surface area (Å²) in [5.74, 6) is -0.962. The largest absolute Gasteiger partial charge is 0.462 e. The third kappa shape index (κ3) is 67.2.